The Bertz CT molecular complexity index is 1010. The van der Waals surface area contributed by atoms with E-state index in [-0.39, 0.29) is 16.8 Å². The largest absolute Gasteiger partial charge is 0.320 e. The third-order valence-electron chi connectivity index (χ3n) is 3.79. The van der Waals surface area contributed by atoms with Gasteiger partial charge in [0.2, 0.25) is 12.0 Å². The summed E-state index contributed by atoms with van der Waals surface area (Å²) in [5.74, 6) is -0.221. The molecule has 2 N–H and O–H groups in total. The number of sulfonamides is 1. The van der Waals surface area contributed by atoms with Gasteiger partial charge >= 0.3 is 0 Å². The van der Waals surface area contributed by atoms with Crippen molar-refractivity contribution in [1.29, 1.82) is 0 Å². The van der Waals surface area contributed by atoms with E-state index in [1.54, 1.807) is 30.0 Å². The maximum atomic E-state index is 12.4. The van der Waals surface area contributed by atoms with Crippen LogP contribution in [0.2, 0.25) is 0 Å². The Morgan fingerprint density at radius 1 is 1.00 bits per heavy atom. The number of pyridine rings is 1. The lowest BCUT2D eigenvalue weighted by Crippen LogP contribution is -2.43. The molecule has 2 heterocycles. The molecule has 0 radical (unpaired) electrons. The highest BCUT2D eigenvalue weighted by atomic mass is 32.2. The maximum Gasteiger partial charge on any atom is 0.293 e. The van der Waals surface area contributed by atoms with E-state index >= 15 is 0 Å². The molecule has 1 aromatic carbocycles. The van der Waals surface area contributed by atoms with Crippen molar-refractivity contribution in [1.82, 2.24) is 9.97 Å². The first-order valence-corrected chi connectivity index (χ1v) is 9.60. The Balaban J connectivity index is 1.69. The average Bonchev–Trinajstić information content (AvgIpc) is 2.69. The molecule has 2 aromatic heterocycles. The van der Waals surface area contributed by atoms with Gasteiger partial charge in [0, 0.05) is 37.1 Å². The number of carbonyl (C=O) groups excluding carboxylic acids is 1. The highest BCUT2D eigenvalue weighted by Crippen LogP contribution is 2.17. The summed E-state index contributed by atoms with van der Waals surface area (Å²) in [6, 6.07) is 12.6. The molecule has 0 spiro atoms. The SMILES string of the molecule is C[C@H](C(=O)Nc1ccc(S(=O)(=O)Nc2ncccn2)cc1)[n+]1ccccc1. The molecule has 27 heavy (non-hydrogen) atoms. The van der Waals surface area contributed by atoms with Crippen molar-refractivity contribution in [2.75, 3.05) is 10.0 Å². The molecular weight excluding hydrogens is 366 g/mol. The predicted molar refractivity (Wildman–Crippen MR) is 99.3 cm³/mol. The van der Waals surface area contributed by atoms with Crippen LogP contribution in [0.1, 0.15) is 13.0 Å². The number of hydrogen-bond acceptors (Lipinski definition) is 5. The van der Waals surface area contributed by atoms with Gasteiger partial charge in [0.1, 0.15) is 0 Å². The zero-order chi connectivity index (χ0) is 19.3. The molecule has 1 atom stereocenters. The second kappa shape index (κ2) is 7.92. The summed E-state index contributed by atoms with van der Waals surface area (Å²) < 4.78 is 28.8. The minimum absolute atomic E-state index is 0.0106. The summed E-state index contributed by atoms with van der Waals surface area (Å²) in [6.45, 7) is 1.78. The normalized spacial score (nSPS) is 12.2. The zero-order valence-electron chi connectivity index (χ0n) is 14.5. The highest BCUT2D eigenvalue weighted by Gasteiger charge is 2.22. The Hall–Kier alpha value is -3.33. The van der Waals surface area contributed by atoms with Crippen molar-refractivity contribution >= 4 is 27.6 Å². The van der Waals surface area contributed by atoms with Gasteiger partial charge in [-0.3, -0.25) is 4.79 Å². The predicted octanol–water partition coefficient (Wildman–Crippen LogP) is 1.76. The van der Waals surface area contributed by atoms with Crippen LogP contribution in [0, 0.1) is 0 Å². The first-order chi connectivity index (χ1) is 13.0. The van der Waals surface area contributed by atoms with E-state index in [0.717, 1.165) is 0 Å². The van der Waals surface area contributed by atoms with Gasteiger partial charge in [0.05, 0.1) is 4.90 Å². The highest BCUT2D eigenvalue weighted by molar-refractivity contribution is 7.92. The molecule has 0 aliphatic rings. The van der Waals surface area contributed by atoms with Crippen LogP contribution in [0.25, 0.3) is 0 Å². The van der Waals surface area contributed by atoms with E-state index in [9.17, 15) is 13.2 Å². The van der Waals surface area contributed by atoms with Crippen molar-refractivity contribution in [2.24, 2.45) is 0 Å². The monoisotopic (exact) mass is 384 g/mol. The average molecular weight is 384 g/mol. The fourth-order valence-corrected chi connectivity index (χ4v) is 3.26. The lowest BCUT2D eigenvalue weighted by molar-refractivity contribution is -0.705. The number of aromatic nitrogens is 3. The van der Waals surface area contributed by atoms with E-state index in [0.29, 0.717) is 5.69 Å². The maximum absolute atomic E-state index is 12.4. The van der Waals surface area contributed by atoms with Crippen molar-refractivity contribution in [2.45, 2.75) is 17.9 Å². The number of amides is 1. The molecule has 0 fully saturated rings. The van der Waals surface area contributed by atoms with E-state index in [1.807, 2.05) is 18.2 Å². The molecule has 0 aliphatic carbocycles. The molecule has 9 heteroatoms. The number of anilines is 2. The van der Waals surface area contributed by atoms with Gasteiger partial charge in [-0.05, 0) is 30.3 Å². The van der Waals surface area contributed by atoms with Gasteiger partial charge in [-0.1, -0.05) is 6.07 Å². The molecule has 0 saturated carbocycles. The Morgan fingerprint density at radius 3 is 2.26 bits per heavy atom. The molecule has 138 valence electrons. The van der Waals surface area contributed by atoms with Gasteiger partial charge in [-0.15, -0.1) is 0 Å². The smallest absolute Gasteiger partial charge is 0.293 e. The van der Waals surface area contributed by atoms with Gasteiger partial charge in [0.15, 0.2) is 12.4 Å². The van der Waals surface area contributed by atoms with Crippen molar-refractivity contribution < 1.29 is 17.8 Å². The summed E-state index contributed by atoms with van der Waals surface area (Å²) >= 11 is 0. The first kappa shape index (κ1) is 18.5. The van der Waals surface area contributed by atoms with Crippen LogP contribution in [0.5, 0.6) is 0 Å². The summed E-state index contributed by atoms with van der Waals surface area (Å²) in [4.78, 5) is 20.1. The molecule has 0 saturated heterocycles. The molecule has 3 aromatic rings. The first-order valence-electron chi connectivity index (χ1n) is 8.12. The fourth-order valence-electron chi connectivity index (χ4n) is 2.30. The van der Waals surface area contributed by atoms with E-state index in [2.05, 4.69) is 20.0 Å². The second-order valence-corrected chi connectivity index (χ2v) is 7.37. The number of hydrogen-bond donors (Lipinski definition) is 2. The summed E-state index contributed by atoms with van der Waals surface area (Å²) in [5, 5.41) is 2.77. The second-order valence-electron chi connectivity index (χ2n) is 5.69. The van der Waals surface area contributed by atoms with Crippen LogP contribution in [-0.2, 0) is 14.8 Å². The standard InChI is InChI=1S/C18H17N5O3S/c1-14(23-12-3-2-4-13-23)17(24)21-15-6-8-16(9-7-15)27(25,26)22-18-19-10-5-11-20-18/h2-14H,1H3,(H-,19,20,21,22,24)/p+1/t14-/m1/s1. The van der Waals surface area contributed by atoms with Crippen LogP contribution >= 0.6 is 0 Å². The van der Waals surface area contributed by atoms with Crippen LogP contribution in [0.3, 0.4) is 0 Å². The topological polar surface area (TPSA) is 105 Å². The molecule has 0 unspecified atom stereocenters. The third kappa shape index (κ3) is 4.64. The van der Waals surface area contributed by atoms with Crippen LogP contribution in [0.4, 0.5) is 11.6 Å². The summed E-state index contributed by atoms with van der Waals surface area (Å²) in [6.07, 6.45) is 6.49. The van der Waals surface area contributed by atoms with E-state index in [4.69, 9.17) is 0 Å². The minimum atomic E-state index is -3.81. The van der Waals surface area contributed by atoms with E-state index < -0.39 is 16.1 Å². The summed E-state index contributed by atoms with van der Waals surface area (Å²) in [7, 11) is -3.81. The number of benzene rings is 1. The molecular formula is C18H18N5O3S+. The quantitative estimate of drug-likeness (QED) is 0.630. The molecule has 3 rings (SSSR count). The number of carbonyl (C=O) groups is 1. The van der Waals surface area contributed by atoms with Crippen LogP contribution in [-0.4, -0.2) is 24.3 Å². The van der Waals surface area contributed by atoms with Crippen molar-refractivity contribution in [3.63, 3.8) is 0 Å². The van der Waals surface area contributed by atoms with Gasteiger partial charge < -0.3 is 5.32 Å². The van der Waals surface area contributed by atoms with Crippen molar-refractivity contribution in [3.05, 3.63) is 73.3 Å². The zero-order valence-corrected chi connectivity index (χ0v) is 15.3. The van der Waals surface area contributed by atoms with Gasteiger partial charge in [-0.2, -0.15) is 4.57 Å². The Kier molecular flexibility index (Phi) is 5.41. The number of nitrogens with zero attached hydrogens (tertiary/aromatic N) is 3. The fraction of sp³-hybridized carbons (Fsp3) is 0.111. The van der Waals surface area contributed by atoms with Crippen molar-refractivity contribution in [3.8, 4) is 0 Å². The lowest BCUT2D eigenvalue weighted by Gasteiger charge is -2.10. The Morgan fingerprint density at radius 2 is 1.63 bits per heavy atom. The Labute approximate surface area is 157 Å². The molecule has 0 bridgehead atoms. The van der Waals surface area contributed by atoms with Gasteiger partial charge in [-0.25, -0.2) is 23.1 Å². The molecule has 1 amide bonds. The number of rotatable bonds is 6. The lowest BCUT2D eigenvalue weighted by atomic mass is 10.2. The third-order valence-corrected chi connectivity index (χ3v) is 5.13. The van der Waals surface area contributed by atoms with Crippen LogP contribution < -0.4 is 14.6 Å². The molecule has 8 nitrogen and oxygen atoms in total. The minimum Gasteiger partial charge on any atom is -0.320 e. The summed E-state index contributed by atoms with van der Waals surface area (Å²) in [5.41, 5.74) is 0.498. The number of nitrogens with one attached hydrogen (secondary N) is 2. The molecule has 0 aliphatic heterocycles. The van der Waals surface area contributed by atoms with Crippen LogP contribution in [0.15, 0.2) is 78.2 Å². The van der Waals surface area contributed by atoms with Gasteiger partial charge in [0.25, 0.3) is 15.9 Å². The van der Waals surface area contributed by atoms with E-state index in [1.165, 1.54) is 36.7 Å².